The maximum absolute atomic E-state index is 12.6. The summed E-state index contributed by atoms with van der Waals surface area (Å²) in [5, 5.41) is 7.97. The van der Waals surface area contributed by atoms with Crippen molar-refractivity contribution in [3.63, 3.8) is 0 Å². The highest BCUT2D eigenvalue weighted by Crippen LogP contribution is 2.38. The van der Waals surface area contributed by atoms with Gasteiger partial charge in [-0.1, -0.05) is 35.9 Å². The van der Waals surface area contributed by atoms with Gasteiger partial charge in [-0.05, 0) is 29.8 Å². The summed E-state index contributed by atoms with van der Waals surface area (Å²) in [5.74, 6) is 0.587. The smallest absolute Gasteiger partial charge is 0.272 e. The number of amides is 1. The Balaban J connectivity index is 1.61. The fourth-order valence-corrected chi connectivity index (χ4v) is 3.29. The third-order valence-corrected chi connectivity index (χ3v) is 4.45. The molecule has 0 unspecified atom stereocenters. The van der Waals surface area contributed by atoms with Crippen molar-refractivity contribution in [3.8, 4) is 17.0 Å². The van der Waals surface area contributed by atoms with Crippen molar-refractivity contribution in [2.24, 2.45) is 7.05 Å². The minimum absolute atomic E-state index is 0.222. The zero-order valence-electron chi connectivity index (χ0n) is 13.6. The van der Waals surface area contributed by atoms with E-state index < -0.39 is 0 Å². The third kappa shape index (κ3) is 2.87. The largest absolute Gasteiger partial charge is 0.488 e. The van der Waals surface area contributed by atoms with E-state index in [0.29, 0.717) is 23.9 Å². The second-order valence-electron chi connectivity index (χ2n) is 5.90. The summed E-state index contributed by atoms with van der Waals surface area (Å²) in [6.07, 6.45) is 0. The zero-order valence-corrected chi connectivity index (χ0v) is 14.4. The maximum Gasteiger partial charge on any atom is 0.272 e. The van der Waals surface area contributed by atoms with Gasteiger partial charge < -0.3 is 10.1 Å². The molecular weight excluding hydrogens is 338 g/mol. The van der Waals surface area contributed by atoms with Crippen LogP contribution in [0.3, 0.4) is 0 Å². The van der Waals surface area contributed by atoms with Crippen molar-refractivity contribution in [1.82, 2.24) is 15.1 Å². The van der Waals surface area contributed by atoms with Gasteiger partial charge in [0.1, 0.15) is 12.4 Å². The van der Waals surface area contributed by atoms with Gasteiger partial charge in [0, 0.05) is 29.7 Å². The summed E-state index contributed by atoms with van der Waals surface area (Å²) in [5.41, 5.74) is 4.02. The molecule has 0 atom stereocenters. The number of aromatic nitrogens is 2. The van der Waals surface area contributed by atoms with Gasteiger partial charge >= 0.3 is 0 Å². The summed E-state index contributed by atoms with van der Waals surface area (Å²) in [4.78, 5) is 12.6. The Hall–Kier alpha value is -2.79. The minimum Gasteiger partial charge on any atom is -0.488 e. The number of aryl methyl sites for hydroxylation is 1. The molecule has 0 aliphatic carbocycles. The molecule has 0 saturated heterocycles. The van der Waals surface area contributed by atoms with Crippen LogP contribution in [-0.4, -0.2) is 15.7 Å². The Labute approximate surface area is 150 Å². The minimum atomic E-state index is -0.222. The Morgan fingerprint density at radius 1 is 1.28 bits per heavy atom. The van der Waals surface area contributed by atoms with Crippen molar-refractivity contribution in [3.05, 3.63) is 70.4 Å². The van der Waals surface area contributed by atoms with Crippen LogP contribution in [0.1, 0.15) is 21.6 Å². The number of hydrogen-bond acceptors (Lipinski definition) is 3. The Kier molecular flexibility index (Phi) is 3.93. The van der Waals surface area contributed by atoms with E-state index in [1.54, 1.807) is 10.7 Å². The average molecular weight is 354 g/mol. The lowest BCUT2D eigenvalue weighted by molar-refractivity contribution is 0.0942. The first-order chi connectivity index (χ1) is 12.1. The van der Waals surface area contributed by atoms with Crippen molar-refractivity contribution >= 4 is 17.5 Å². The van der Waals surface area contributed by atoms with E-state index in [9.17, 15) is 4.79 Å². The van der Waals surface area contributed by atoms with E-state index in [4.69, 9.17) is 16.3 Å². The monoisotopic (exact) mass is 353 g/mol. The van der Waals surface area contributed by atoms with E-state index in [0.717, 1.165) is 28.1 Å². The summed E-state index contributed by atoms with van der Waals surface area (Å²) in [7, 11) is 1.84. The molecule has 2 heterocycles. The third-order valence-electron chi connectivity index (χ3n) is 4.22. The van der Waals surface area contributed by atoms with Gasteiger partial charge in [-0.3, -0.25) is 9.48 Å². The van der Waals surface area contributed by atoms with Crippen LogP contribution < -0.4 is 10.1 Å². The van der Waals surface area contributed by atoms with Gasteiger partial charge in [-0.25, -0.2) is 0 Å². The van der Waals surface area contributed by atoms with Crippen LogP contribution in [0.2, 0.25) is 5.02 Å². The van der Waals surface area contributed by atoms with Crippen LogP contribution >= 0.6 is 11.6 Å². The van der Waals surface area contributed by atoms with E-state index in [1.807, 2.05) is 49.5 Å². The van der Waals surface area contributed by atoms with Gasteiger partial charge in [0.15, 0.2) is 5.69 Å². The van der Waals surface area contributed by atoms with Crippen LogP contribution in [0.4, 0.5) is 0 Å². The fourth-order valence-electron chi connectivity index (χ4n) is 3.07. The highest BCUT2D eigenvalue weighted by atomic mass is 35.5. The zero-order chi connectivity index (χ0) is 17.4. The number of carbonyl (C=O) groups is 1. The highest BCUT2D eigenvalue weighted by molar-refractivity contribution is 6.30. The first-order valence-electron chi connectivity index (χ1n) is 7.94. The van der Waals surface area contributed by atoms with Gasteiger partial charge in [-0.2, -0.15) is 5.10 Å². The molecule has 1 amide bonds. The summed E-state index contributed by atoms with van der Waals surface area (Å²) in [6, 6.07) is 15.2. The molecule has 2 aromatic carbocycles. The Morgan fingerprint density at radius 2 is 2.12 bits per heavy atom. The number of nitrogens with one attached hydrogen (secondary N) is 1. The number of ether oxygens (including phenoxy) is 1. The average Bonchev–Trinajstić information content (AvgIpc) is 2.97. The van der Waals surface area contributed by atoms with Gasteiger partial charge in [0.25, 0.3) is 5.91 Å². The Bertz CT molecular complexity index is 965. The van der Waals surface area contributed by atoms with E-state index >= 15 is 0 Å². The molecule has 0 spiro atoms. The molecule has 1 N–H and O–H groups in total. The first kappa shape index (κ1) is 15.7. The van der Waals surface area contributed by atoms with Crippen molar-refractivity contribution < 1.29 is 9.53 Å². The van der Waals surface area contributed by atoms with Crippen molar-refractivity contribution in [2.75, 3.05) is 0 Å². The molecule has 1 aliphatic heterocycles. The van der Waals surface area contributed by atoms with Gasteiger partial charge in [0.05, 0.1) is 5.69 Å². The number of para-hydroxylation sites is 1. The number of carbonyl (C=O) groups excluding carboxylic acids is 1. The molecule has 0 fully saturated rings. The van der Waals surface area contributed by atoms with Crippen LogP contribution in [0.25, 0.3) is 11.3 Å². The van der Waals surface area contributed by atoms with Crippen LogP contribution in [0, 0.1) is 0 Å². The van der Waals surface area contributed by atoms with Crippen LogP contribution in [0.15, 0.2) is 48.5 Å². The number of benzene rings is 2. The SMILES string of the molecule is Cn1nc(C(=O)NCc2cccc(Cl)c2)c2c1-c1ccccc1OC2. The normalized spacial score (nSPS) is 12.1. The van der Waals surface area contributed by atoms with Gasteiger partial charge in [0.2, 0.25) is 0 Å². The number of rotatable bonds is 3. The lowest BCUT2D eigenvalue weighted by atomic mass is 10.0. The standard InChI is InChI=1S/C19H16ClN3O2/c1-23-18-14-7-2-3-8-16(14)25-11-15(18)17(22-23)19(24)21-10-12-5-4-6-13(20)9-12/h2-9H,10-11H2,1H3,(H,21,24). The maximum atomic E-state index is 12.6. The second-order valence-corrected chi connectivity index (χ2v) is 6.33. The van der Waals surface area contributed by atoms with Crippen molar-refractivity contribution in [2.45, 2.75) is 13.2 Å². The summed E-state index contributed by atoms with van der Waals surface area (Å²) >= 11 is 5.98. The lowest BCUT2D eigenvalue weighted by Crippen LogP contribution is -2.25. The fraction of sp³-hybridized carbons (Fsp3) is 0.158. The highest BCUT2D eigenvalue weighted by Gasteiger charge is 2.27. The molecule has 0 saturated carbocycles. The number of fused-ring (bicyclic) bond motifs is 3. The molecule has 6 heteroatoms. The first-order valence-corrected chi connectivity index (χ1v) is 8.32. The van der Waals surface area contributed by atoms with Crippen LogP contribution in [-0.2, 0) is 20.2 Å². The lowest BCUT2D eigenvalue weighted by Gasteiger charge is -2.18. The number of hydrogen-bond donors (Lipinski definition) is 1. The van der Waals surface area contributed by atoms with Crippen LogP contribution in [0.5, 0.6) is 5.75 Å². The molecule has 25 heavy (non-hydrogen) atoms. The van der Waals surface area contributed by atoms with E-state index in [1.165, 1.54) is 0 Å². The molecule has 3 aromatic rings. The van der Waals surface area contributed by atoms with Gasteiger partial charge in [-0.15, -0.1) is 0 Å². The number of nitrogens with zero attached hydrogens (tertiary/aromatic N) is 2. The Morgan fingerprint density at radius 3 is 2.96 bits per heavy atom. The summed E-state index contributed by atoms with van der Waals surface area (Å²) in [6.45, 7) is 0.724. The van der Waals surface area contributed by atoms with E-state index in [-0.39, 0.29) is 5.91 Å². The van der Waals surface area contributed by atoms with Crippen molar-refractivity contribution in [1.29, 1.82) is 0 Å². The summed E-state index contributed by atoms with van der Waals surface area (Å²) < 4.78 is 7.52. The molecule has 1 aromatic heterocycles. The number of halogens is 1. The molecule has 4 rings (SSSR count). The predicted molar refractivity (Wildman–Crippen MR) is 95.6 cm³/mol. The second kappa shape index (κ2) is 6.26. The molecule has 5 nitrogen and oxygen atoms in total. The topological polar surface area (TPSA) is 56.2 Å². The molecule has 1 aliphatic rings. The molecular formula is C19H16ClN3O2. The molecule has 126 valence electrons. The molecule has 0 radical (unpaired) electrons. The quantitative estimate of drug-likeness (QED) is 0.783. The van der Waals surface area contributed by atoms with E-state index in [2.05, 4.69) is 10.4 Å². The predicted octanol–water partition coefficient (Wildman–Crippen LogP) is 3.56. The molecule has 0 bridgehead atoms.